The van der Waals surface area contributed by atoms with Gasteiger partial charge in [0.15, 0.2) is 0 Å². The molecule has 0 bridgehead atoms. The fraction of sp³-hybridized carbons (Fsp3) is 0.611. The molecule has 0 aromatic heterocycles. The molecule has 5 nitrogen and oxygen atoms in total. The van der Waals surface area contributed by atoms with Gasteiger partial charge in [0.1, 0.15) is 0 Å². The maximum atomic E-state index is 12.1. The van der Waals surface area contributed by atoms with E-state index in [4.69, 9.17) is 4.74 Å². The first-order valence-corrected chi connectivity index (χ1v) is 8.71. The van der Waals surface area contributed by atoms with E-state index < -0.39 is 0 Å². The maximum absolute atomic E-state index is 12.1. The molecule has 1 atom stereocenters. The Morgan fingerprint density at radius 3 is 2.74 bits per heavy atom. The number of carbonyl (C=O) groups excluding carboxylic acids is 1. The zero-order valence-electron chi connectivity index (χ0n) is 13.7. The minimum Gasteiger partial charge on any atom is -0.378 e. The van der Waals surface area contributed by atoms with Gasteiger partial charge in [0.05, 0.1) is 13.2 Å². The smallest absolute Gasteiger partial charge is 0.317 e. The van der Waals surface area contributed by atoms with E-state index in [1.54, 1.807) is 0 Å². The fourth-order valence-electron chi connectivity index (χ4n) is 3.46. The number of piperidine rings is 1. The molecule has 1 aromatic carbocycles. The van der Waals surface area contributed by atoms with Crippen molar-refractivity contribution in [2.45, 2.75) is 18.8 Å². The summed E-state index contributed by atoms with van der Waals surface area (Å²) < 4.78 is 5.27. The second-order valence-electron chi connectivity index (χ2n) is 6.38. The molecule has 23 heavy (non-hydrogen) atoms. The Morgan fingerprint density at radius 2 is 1.96 bits per heavy atom. The predicted octanol–water partition coefficient (Wildman–Crippen LogP) is 1.91. The lowest BCUT2D eigenvalue weighted by Crippen LogP contribution is -2.48. The number of likely N-dealkylation sites (tertiary alicyclic amines) is 1. The molecule has 0 radical (unpaired) electrons. The highest BCUT2D eigenvalue weighted by atomic mass is 16.5. The molecule has 2 saturated heterocycles. The zero-order valence-corrected chi connectivity index (χ0v) is 13.7. The fourth-order valence-corrected chi connectivity index (χ4v) is 3.46. The van der Waals surface area contributed by atoms with Crippen LogP contribution in [0.3, 0.4) is 0 Å². The number of amides is 2. The number of benzene rings is 1. The molecule has 0 saturated carbocycles. The van der Waals surface area contributed by atoms with E-state index in [-0.39, 0.29) is 6.03 Å². The highest BCUT2D eigenvalue weighted by Crippen LogP contribution is 2.26. The topological polar surface area (TPSA) is 44.8 Å². The standard InChI is InChI=1S/C18H27N3O2/c22-18(21-11-13-23-14-12-21)19-8-10-20-9-4-7-17(15-20)16-5-2-1-3-6-16/h1-3,5-6,17H,4,7-15H2,(H,19,22). The molecule has 2 fully saturated rings. The SMILES string of the molecule is O=C(NCCN1CCCC(c2ccccc2)C1)N1CCOCC1. The Kier molecular flexibility index (Phi) is 5.88. The molecule has 5 heteroatoms. The van der Waals surface area contributed by atoms with Crippen molar-refractivity contribution in [2.24, 2.45) is 0 Å². The summed E-state index contributed by atoms with van der Waals surface area (Å²) in [5, 5.41) is 3.04. The average molecular weight is 317 g/mol. The molecule has 1 unspecified atom stereocenters. The van der Waals surface area contributed by atoms with Crippen molar-refractivity contribution in [1.82, 2.24) is 15.1 Å². The van der Waals surface area contributed by atoms with E-state index in [0.717, 1.165) is 26.2 Å². The van der Waals surface area contributed by atoms with Gasteiger partial charge in [-0.3, -0.25) is 0 Å². The summed E-state index contributed by atoms with van der Waals surface area (Å²) in [7, 11) is 0. The molecule has 0 spiro atoms. The molecular formula is C18H27N3O2. The number of rotatable bonds is 4. The summed E-state index contributed by atoms with van der Waals surface area (Å²) in [6.07, 6.45) is 2.50. The van der Waals surface area contributed by atoms with Gasteiger partial charge >= 0.3 is 6.03 Å². The minimum absolute atomic E-state index is 0.0462. The number of urea groups is 1. The average Bonchev–Trinajstić information content (AvgIpc) is 2.63. The van der Waals surface area contributed by atoms with Crippen molar-refractivity contribution >= 4 is 6.03 Å². The van der Waals surface area contributed by atoms with Gasteiger partial charge < -0.3 is 19.9 Å². The summed E-state index contributed by atoms with van der Waals surface area (Å²) in [5.74, 6) is 0.625. The highest BCUT2D eigenvalue weighted by Gasteiger charge is 2.21. The van der Waals surface area contributed by atoms with Crippen LogP contribution in [0.15, 0.2) is 30.3 Å². The summed E-state index contributed by atoms with van der Waals surface area (Å²) in [5.41, 5.74) is 1.44. The van der Waals surface area contributed by atoms with Gasteiger partial charge in [0, 0.05) is 32.7 Å². The van der Waals surface area contributed by atoms with Crippen molar-refractivity contribution in [2.75, 3.05) is 52.5 Å². The van der Waals surface area contributed by atoms with Crippen LogP contribution < -0.4 is 5.32 Å². The molecular weight excluding hydrogens is 290 g/mol. The first kappa shape index (κ1) is 16.3. The number of carbonyl (C=O) groups is 1. The van der Waals surface area contributed by atoms with Crippen LogP contribution in [0.25, 0.3) is 0 Å². The monoisotopic (exact) mass is 317 g/mol. The van der Waals surface area contributed by atoms with Gasteiger partial charge in [-0.15, -0.1) is 0 Å². The Labute approximate surface area is 138 Å². The van der Waals surface area contributed by atoms with Crippen LogP contribution in [0, 0.1) is 0 Å². The third-order valence-corrected chi connectivity index (χ3v) is 4.78. The van der Waals surface area contributed by atoms with Crippen molar-refractivity contribution < 1.29 is 9.53 Å². The molecule has 1 aromatic rings. The Bertz CT molecular complexity index is 488. The zero-order chi connectivity index (χ0) is 15.9. The molecule has 0 aliphatic carbocycles. The molecule has 2 heterocycles. The number of hydrogen-bond acceptors (Lipinski definition) is 3. The van der Waals surface area contributed by atoms with Crippen LogP contribution >= 0.6 is 0 Å². The second kappa shape index (κ2) is 8.31. The molecule has 126 valence electrons. The third kappa shape index (κ3) is 4.69. The highest BCUT2D eigenvalue weighted by molar-refractivity contribution is 5.74. The number of nitrogens with zero attached hydrogens (tertiary/aromatic N) is 2. The molecule has 1 N–H and O–H groups in total. The van der Waals surface area contributed by atoms with E-state index in [0.29, 0.717) is 32.2 Å². The van der Waals surface area contributed by atoms with Gasteiger partial charge in [0.25, 0.3) is 0 Å². The van der Waals surface area contributed by atoms with Gasteiger partial charge in [-0.05, 0) is 30.9 Å². The normalized spacial score (nSPS) is 22.8. The number of ether oxygens (including phenoxy) is 1. The lowest BCUT2D eigenvalue weighted by Gasteiger charge is -2.33. The van der Waals surface area contributed by atoms with Crippen LogP contribution in [0.5, 0.6) is 0 Å². The molecule has 2 aliphatic rings. The van der Waals surface area contributed by atoms with E-state index in [1.165, 1.54) is 18.4 Å². The third-order valence-electron chi connectivity index (χ3n) is 4.78. The summed E-state index contributed by atoms with van der Waals surface area (Å²) in [6, 6.07) is 10.8. The van der Waals surface area contributed by atoms with Crippen molar-refractivity contribution in [3.63, 3.8) is 0 Å². The van der Waals surface area contributed by atoms with Gasteiger partial charge in [-0.2, -0.15) is 0 Å². The number of hydrogen-bond donors (Lipinski definition) is 1. The van der Waals surface area contributed by atoms with Gasteiger partial charge in [-0.25, -0.2) is 4.79 Å². The van der Waals surface area contributed by atoms with E-state index in [9.17, 15) is 4.79 Å². The minimum atomic E-state index is 0.0462. The van der Waals surface area contributed by atoms with Crippen LogP contribution in [-0.2, 0) is 4.74 Å². The quantitative estimate of drug-likeness (QED) is 0.922. The first-order chi connectivity index (χ1) is 11.3. The van der Waals surface area contributed by atoms with Crippen LogP contribution in [0.1, 0.15) is 24.3 Å². The summed E-state index contributed by atoms with van der Waals surface area (Å²) in [6.45, 7) is 6.58. The lowest BCUT2D eigenvalue weighted by molar-refractivity contribution is 0.0530. The summed E-state index contributed by atoms with van der Waals surface area (Å²) >= 11 is 0. The number of nitrogens with one attached hydrogen (secondary N) is 1. The Hall–Kier alpha value is -1.59. The molecule has 2 aliphatic heterocycles. The van der Waals surface area contributed by atoms with Crippen molar-refractivity contribution in [1.29, 1.82) is 0 Å². The van der Waals surface area contributed by atoms with E-state index in [2.05, 4.69) is 40.5 Å². The first-order valence-electron chi connectivity index (χ1n) is 8.71. The van der Waals surface area contributed by atoms with Crippen LogP contribution in [0.2, 0.25) is 0 Å². The van der Waals surface area contributed by atoms with Crippen LogP contribution in [0.4, 0.5) is 4.79 Å². The predicted molar refractivity (Wildman–Crippen MR) is 90.6 cm³/mol. The summed E-state index contributed by atoms with van der Waals surface area (Å²) in [4.78, 5) is 16.4. The largest absolute Gasteiger partial charge is 0.378 e. The van der Waals surface area contributed by atoms with Gasteiger partial charge in [-0.1, -0.05) is 30.3 Å². The van der Waals surface area contributed by atoms with Gasteiger partial charge in [0.2, 0.25) is 0 Å². The lowest BCUT2D eigenvalue weighted by atomic mass is 9.91. The molecule has 2 amide bonds. The second-order valence-corrected chi connectivity index (χ2v) is 6.38. The Balaban J connectivity index is 1.40. The van der Waals surface area contributed by atoms with Crippen molar-refractivity contribution in [3.05, 3.63) is 35.9 Å². The Morgan fingerprint density at radius 1 is 1.17 bits per heavy atom. The van der Waals surface area contributed by atoms with E-state index in [1.807, 2.05) is 4.90 Å². The number of morpholine rings is 1. The van der Waals surface area contributed by atoms with Crippen LogP contribution in [-0.4, -0.2) is 68.3 Å². The van der Waals surface area contributed by atoms with Crippen molar-refractivity contribution in [3.8, 4) is 0 Å². The maximum Gasteiger partial charge on any atom is 0.317 e. The molecule has 3 rings (SSSR count). The van der Waals surface area contributed by atoms with E-state index >= 15 is 0 Å².